The van der Waals surface area contributed by atoms with Gasteiger partial charge in [-0.2, -0.15) is 4.68 Å². The lowest BCUT2D eigenvalue weighted by molar-refractivity contribution is 0.0948. The smallest absolute Gasteiger partial charge is 0.280 e. The Labute approximate surface area is 191 Å². The van der Waals surface area contributed by atoms with Crippen molar-refractivity contribution in [1.29, 1.82) is 0 Å². The Balaban J connectivity index is 1.75. The zero-order valence-electron chi connectivity index (χ0n) is 18.5. The van der Waals surface area contributed by atoms with Gasteiger partial charge in [-0.1, -0.05) is 30.3 Å². The first-order valence-corrected chi connectivity index (χ1v) is 10.2. The Morgan fingerprint density at radius 1 is 0.758 bits per heavy atom. The molecule has 168 valence electrons. The normalized spacial score (nSPS) is 10.4. The highest BCUT2D eigenvalue weighted by molar-refractivity contribution is 5.98. The number of anilines is 4. The Bertz CT molecular complexity index is 1270. The van der Waals surface area contributed by atoms with Crippen molar-refractivity contribution in [3.63, 3.8) is 0 Å². The summed E-state index contributed by atoms with van der Waals surface area (Å²) in [5, 5.41) is 11.0. The molecule has 4 rings (SSSR count). The zero-order valence-corrected chi connectivity index (χ0v) is 18.5. The molecule has 1 heterocycles. The fraction of sp³-hybridized carbons (Fsp3) is 0.120. The minimum absolute atomic E-state index is 0.320. The van der Waals surface area contributed by atoms with Gasteiger partial charge in [0.15, 0.2) is 5.82 Å². The number of methoxy groups -OCH3 is 3. The van der Waals surface area contributed by atoms with Crippen LogP contribution < -0.4 is 24.8 Å². The number of nitrogens with zero attached hydrogens (tertiary/aromatic N) is 2. The molecule has 0 radical (unpaired) electrons. The van der Waals surface area contributed by atoms with Crippen LogP contribution in [-0.4, -0.2) is 37.0 Å². The molecule has 3 aromatic carbocycles. The molecule has 0 amide bonds. The minimum Gasteiger partial charge on any atom is -0.497 e. The third kappa shape index (κ3) is 4.74. The van der Waals surface area contributed by atoms with E-state index in [4.69, 9.17) is 14.2 Å². The van der Waals surface area contributed by atoms with Crippen LogP contribution in [0.5, 0.6) is 17.2 Å². The molecule has 0 saturated carbocycles. The van der Waals surface area contributed by atoms with Crippen molar-refractivity contribution in [3.05, 3.63) is 84.4 Å². The maximum atomic E-state index is 13.4. The summed E-state index contributed by atoms with van der Waals surface area (Å²) in [6, 6.07) is 23.6. The predicted octanol–water partition coefficient (Wildman–Crippen LogP) is 5.08. The first-order chi connectivity index (χ1) is 16.1. The molecule has 2 N–H and O–H groups in total. The Kier molecular flexibility index (Phi) is 6.45. The van der Waals surface area contributed by atoms with Crippen molar-refractivity contribution in [2.75, 3.05) is 32.0 Å². The van der Waals surface area contributed by atoms with E-state index >= 15 is 0 Å². The molecule has 0 aliphatic heterocycles. The number of hydrogen-bond acceptors (Lipinski definition) is 7. The Morgan fingerprint density at radius 3 is 2.03 bits per heavy atom. The molecule has 0 saturated heterocycles. The SMILES string of the molecule is COc1cccc(C(=O)n2nc(Nc3ccccc3OC)cc2Nc2ccccc2OC)c1. The molecule has 33 heavy (non-hydrogen) atoms. The van der Waals surface area contributed by atoms with Crippen molar-refractivity contribution in [1.82, 2.24) is 9.78 Å². The highest BCUT2D eigenvalue weighted by atomic mass is 16.5. The molecular formula is C25H24N4O4. The summed E-state index contributed by atoms with van der Waals surface area (Å²) in [4.78, 5) is 13.4. The highest BCUT2D eigenvalue weighted by Gasteiger charge is 2.19. The van der Waals surface area contributed by atoms with Crippen molar-refractivity contribution < 1.29 is 19.0 Å². The third-order valence-corrected chi connectivity index (χ3v) is 4.96. The lowest BCUT2D eigenvalue weighted by Gasteiger charge is -2.12. The zero-order chi connectivity index (χ0) is 23.2. The van der Waals surface area contributed by atoms with Crippen LogP contribution in [0.4, 0.5) is 23.0 Å². The van der Waals surface area contributed by atoms with E-state index in [1.165, 1.54) is 4.68 Å². The number of nitrogens with one attached hydrogen (secondary N) is 2. The van der Waals surface area contributed by atoms with E-state index in [1.54, 1.807) is 51.7 Å². The number of aromatic nitrogens is 2. The molecule has 0 aliphatic carbocycles. The molecule has 4 aromatic rings. The number of benzene rings is 3. The fourth-order valence-corrected chi connectivity index (χ4v) is 3.34. The van der Waals surface area contributed by atoms with Crippen molar-refractivity contribution >= 4 is 28.9 Å². The minimum atomic E-state index is -0.320. The first-order valence-electron chi connectivity index (χ1n) is 10.2. The maximum Gasteiger partial charge on any atom is 0.280 e. The number of rotatable bonds is 8. The monoisotopic (exact) mass is 444 g/mol. The van der Waals surface area contributed by atoms with Gasteiger partial charge in [-0.3, -0.25) is 4.79 Å². The van der Waals surface area contributed by atoms with Gasteiger partial charge in [0.1, 0.15) is 23.1 Å². The van der Waals surface area contributed by atoms with Gasteiger partial charge in [-0.05, 0) is 42.5 Å². The molecule has 0 atom stereocenters. The molecule has 0 unspecified atom stereocenters. The van der Waals surface area contributed by atoms with Gasteiger partial charge in [0.25, 0.3) is 5.91 Å². The fourth-order valence-electron chi connectivity index (χ4n) is 3.34. The molecule has 0 fully saturated rings. The number of carbonyl (C=O) groups is 1. The van der Waals surface area contributed by atoms with Gasteiger partial charge < -0.3 is 24.8 Å². The van der Waals surface area contributed by atoms with E-state index in [-0.39, 0.29) is 5.91 Å². The van der Waals surface area contributed by atoms with Crippen LogP contribution in [-0.2, 0) is 0 Å². The first kappa shape index (κ1) is 21.8. The number of para-hydroxylation sites is 4. The van der Waals surface area contributed by atoms with Crippen LogP contribution in [0.25, 0.3) is 0 Å². The number of carbonyl (C=O) groups excluding carboxylic acids is 1. The van der Waals surface area contributed by atoms with E-state index < -0.39 is 0 Å². The summed E-state index contributed by atoms with van der Waals surface area (Å²) in [6.45, 7) is 0. The van der Waals surface area contributed by atoms with Gasteiger partial charge in [0, 0.05) is 11.6 Å². The van der Waals surface area contributed by atoms with E-state index in [0.717, 1.165) is 5.69 Å². The second-order valence-electron chi connectivity index (χ2n) is 7.01. The van der Waals surface area contributed by atoms with Crippen LogP contribution in [0, 0.1) is 0 Å². The third-order valence-electron chi connectivity index (χ3n) is 4.96. The Hall–Kier alpha value is -4.46. The van der Waals surface area contributed by atoms with Gasteiger partial charge in [0.2, 0.25) is 0 Å². The van der Waals surface area contributed by atoms with E-state index in [2.05, 4.69) is 15.7 Å². The van der Waals surface area contributed by atoms with Crippen LogP contribution in [0.3, 0.4) is 0 Å². The van der Waals surface area contributed by atoms with Crippen LogP contribution in [0.2, 0.25) is 0 Å². The van der Waals surface area contributed by atoms with Gasteiger partial charge >= 0.3 is 0 Å². The highest BCUT2D eigenvalue weighted by Crippen LogP contribution is 2.31. The van der Waals surface area contributed by atoms with Crippen molar-refractivity contribution in [2.45, 2.75) is 0 Å². The summed E-state index contributed by atoms with van der Waals surface area (Å²) >= 11 is 0. The average molecular weight is 444 g/mol. The predicted molar refractivity (Wildman–Crippen MR) is 128 cm³/mol. The number of hydrogen-bond donors (Lipinski definition) is 2. The molecular weight excluding hydrogens is 420 g/mol. The second kappa shape index (κ2) is 9.78. The molecule has 8 nitrogen and oxygen atoms in total. The van der Waals surface area contributed by atoms with E-state index in [1.807, 2.05) is 48.5 Å². The molecule has 8 heteroatoms. The molecule has 1 aromatic heterocycles. The second-order valence-corrected chi connectivity index (χ2v) is 7.01. The van der Waals surface area contributed by atoms with Crippen LogP contribution in [0.15, 0.2) is 78.9 Å². The summed E-state index contributed by atoms with van der Waals surface area (Å²) < 4.78 is 17.4. The summed E-state index contributed by atoms with van der Waals surface area (Å²) in [5.41, 5.74) is 1.86. The molecule has 0 aliphatic rings. The molecule has 0 spiro atoms. The van der Waals surface area contributed by atoms with Gasteiger partial charge in [-0.25, -0.2) is 0 Å². The topological polar surface area (TPSA) is 86.6 Å². The van der Waals surface area contributed by atoms with E-state index in [9.17, 15) is 4.79 Å². The lowest BCUT2D eigenvalue weighted by Crippen LogP contribution is -2.16. The van der Waals surface area contributed by atoms with Crippen molar-refractivity contribution in [2.24, 2.45) is 0 Å². The molecule has 0 bridgehead atoms. The summed E-state index contributed by atoms with van der Waals surface area (Å²) in [6.07, 6.45) is 0. The quantitative estimate of drug-likeness (QED) is 0.392. The average Bonchev–Trinajstić information content (AvgIpc) is 3.26. The number of ether oxygens (including phenoxy) is 3. The Morgan fingerprint density at radius 2 is 1.39 bits per heavy atom. The van der Waals surface area contributed by atoms with Crippen molar-refractivity contribution in [3.8, 4) is 17.2 Å². The maximum absolute atomic E-state index is 13.4. The van der Waals surface area contributed by atoms with Gasteiger partial charge in [0.05, 0.1) is 32.7 Å². The summed E-state index contributed by atoms with van der Waals surface area (Å²) in [5.74, 6) is 2.49. The van der Waals surface area contributed by atoms with Crippen LogP contribution >= 0.6 is 0 Å². The van der Waals surface area contributed by atoms with E-state index in [0.29, 0.717) is 40.1 Å². The summed E-state index contributed by atoms with van der Waals surface area (Å²) in [7, 11) is 4.75. The largest absolute Gasteiger partial charge is 0.497 e. The van der Waals surface area contributed by atoms with Crippen LogP contribution in [0.1, 0.15) is 10.4 Å². The lowest BCUT2D eigenvalue weighted by atomic mass is 10.2. The standard InChI is InChI=1S/C25H24N4O4/c1-31-18-10-8-9-17(15-18)25(30)29-24(27-20-12-5-7-14-22(20)33-3)16-23(28-29)26-19-11-4-6-13-21(19)32-2/h4-16,27H,1-3H3,(H,26,28). The van der Waals surface area contributed by atoms with Gasteiger partial charge in [-0.15, -0.1) is 5.10 Å².